The van der Waals surface area contributed by atoms with Crippen molar-refractivity contribution in [1.82, 2.24) is 0 Å². The van der Waals surface area contributed by atoms with Gasteiger partial charge in [0.15, 0.2) is 14.3 Å². The van der Waals surface area contributed by atoms with E-state index >= 15 is 9.13 Å². The average molecular weight is 927 g/mol. The van der Waals surface area contributed by atoms with Gasteiger partial charge >= 0.3 is 0 Å². The molecule has 0 aliphatic carbocycles. The van der Waals surface area contributed by atoms with Crippen LogP contribution >= 0.6 is 14.3 Å². The fraction of sp³-hybridized carbons (Fsp3) is 0.0667. The van der Waals surface area contributed by atoms with Gasteiger partial charge in [0.1, 0.15) is 23.0 Å². The van der Waals surface area contributed by atoms with Crippen LogP contribution in [0.15, 0.2) is 218 Å². The largest absolute Gasteiger partial charge is 0.497 e. The molecule has 0 radical (unpaired) electrons. The highest BCUT2D eigenvalue weighted by atomic mass is 31.2. The van der Waals surface area contributed by atoms with Crippen LogP contribution in [0.4, 0.5) is 0 Å². The molecule has 0 heterocycles. The molecule has 0 saturated heterocycles. The Hall–Kier alpha value is -7.62. The second kappa shape index (κ2) is 18.6. The van der Waals surface area contributed by atoms with Crippen LogP contribution in [0.25, 0.3) is 54.9 Å². The molecule has 0 saturated carbocycles. The predicted octanol–water partition coefficient (Wildman–Crippen LogP) is 12.3. The molecule has 0 amide bonds. The van der Waals surface area contributed by atoms with Gasteiger partial charge in [0.05, 0.1) is 28.4 Å². The maximum Gasteiger partial charge on any atom is 0.171 e. The van der Waals surface area contributed by atoms with E-state index in [4.69, 9.17) is 18.9 Å². The summed E-state index contributed by atoms with van der Waals surface area (Å²) in [4.78, 5) is 0. The molecule has 0 aliphatic rings. The quantitative estimate of drug-likeness (QED) is 0.107. The van der Waals surface area contributed by atoms with Crippen LogP contribution in [0.2, 0.25) is 0 Å². The fourth-order valence-corrected chi connectivity index (χ4v) is 15.3. The number of fused-ring (bicyclic) bond motifs is 2. The lowest BCUT2D eigenvalue weighted by atomic mass is 9.87. The Morgan fingerprint density at radius 2 is 0.544 bits per heavy atom. The molecule has 0 aromatic heterocycles. The normalized spacial score (nSPS) is 11.6. The molecule has 10 aromatic rings. The highest BCUT2D eigenvalue weighted by Gasteiger charge is 2.39. The van der Waals surface area contributed by atoms with E-state index in [1.165, 1.54) is 0 Å². The minimum Gasteiger partial charge on any atom is -0.497 e. The Balaban J connectivity index is 1.48. The Bertz CT molecular complexity index is 3190. The molecule has 0 atom stereocenters. The van der Waals surface area contributed by atoms with Gasteiger partial charge in [-0.05, 0) is 80.2 Å². The second-order valence-electron chi connectivity index (χ2n) is 16.5. The molecule has 0 N–H and O–H groups in total. The van der Waals surface area contributed by atoms with Crippen LogP contribution < -0.4 is 50.8 Å². The lowest BCUT2D eigenvalue weighted by Crippen LogP contribution is -2.30. The van der Waals surface area contributed by atoms with Crippen LogP contribution in [0.5, 0.6) is 23.0 Å². The predicted molar refractivity (Wildman–Crippen MR) is 283 cm³/mol. The molecule has 0 fully saturated rings. The van der Waals surface area contributed by atoms with Gasteiger partial charge in [-0.25, -0.2) is 0 Å². The number of benzene rings is 10. The van der Waals surface area contributed by atoms with Crippen molar-refractivity contribution in [3.05, 3.63) is 218 Å². The molecular formula is C60H48O6P2. The van der Waals surface area contributed by atoms with Crippen molar-refractivity contribution in [1.29, 1.82) is 0 Å². The van der Waals surface area contributed by atoms with Gasteiger partial charge in [0.2, 0.25) is 0 Å². The van der Waals surface area contributed by atoms with Crippen molar-refractivity contribution in [2.24, 2.45) is 0 Å². The van der Waals surface area contributed by atoms with E-state index in [9.17, 15) is 0 Å². The topological polar surface area (TPSA) is 71.1 Å². The highest BCUT2D eigenvalue weighted by Crippen LogP contribution is 2.54. The van der Waals surface area contributed by atoms with Gasteiger partial charge in [-0.15, -0.1) is 0 Å². The molecular weight excluding hydrogens is 879 g/mol. The molecule has 6 nitrogen and oxygen atoms in total. The molecule has 10 aromatic carbocycles. The van der Waals surface area contributed by atoms with Crippen molar-refractivity contribution in [2.45, 2.75) is 0 Å². The lowest BCUT2D eigenvalue weighted by Gasteiger charge is -2.30. The summed E-state index contributed by atoms with van der Waals surface area (Å²) in [5.41, 5.74) is 4.77. The summed E-state index contributed by atoms with van der Waals surface area (Å²) in [6.07, 6.45) is 0. The maximum absolute atomic E-state index is 17.4. The Labute approximate surface area is 397 Å². The third kappa shape index (κ3) is 7.66. The molecule has 68 heavy (non-hydrogen) atoms. The molecule has 10 rings (SSSR count). The number of hydrogen-bond donors (Lipinski definition) is 0. The summed E-state index contributed by atoms with van der Waals surface area (Å²) in [5, 5.41) is 7.33. The highest BCUT2D eigenvalue weighted by molar-refractivity contribution is 7.86. The lowest BCUT2D eigenvalue weighted by molar-refractivity contribution is 0.394. The first kappa shape index (κ1) is 44.2. The molecule has 0 spiro atoms. The van der Waals surface area contributed by atoms with Crippen LogP contribution in [0, 0.1) is 0 Å². The second-order valence-corrected chi connectivity index (χ2v) is 22.0. The number of ether oxygens (including phenoxy) is 4. The van der Waals surface area contributed by atoms with E-state index in [0.717, 1.165) is 54.9 Å². The monoisotopic (exact) mass is 926 g/mol. The molecule has 0 aliphatic heterocycles. The molecule has 334 valence electrons. The van der Waals surface area contributed by atoms with Crippen LogP contribution in [-0.4, -0.2) is 28.4 Å². The number of methoxy groups -OCH3 is 4. The summed E-state index contributed by atoms with van der Waals surface area (Å²) >= 11 is 0. The van der Waals surface area contributed by atoms with E-state index in [1.807, 2.05) is 182 Å². The van der Waals surface area contributed by atoms with Gasteiger partial charge in [-0.3, -0.25) is 0 Å². The van der Waals surface area contributed by atoms with Crippen molar-refractivity contribution < 1.29 is 28.1 Å². The zero-order chi connectivity index (χ0) is 46.8. The zero-order valence-corrected chi connectivity index (χ0v) is 39.9. The fourth-order valence-electron chi connectivity index (χ4n) is 9.55. The third-order valence-corrected chi connectivity index (χ3v) is 18.9. The summed E-state index contributed by atoms with van der Waals surface area (Å²) in [7, 11) is -1.12. The first-order valence-corrected chi connectivity index (χ1v) is 25.7. The van der Waals surface area contributed by atoms with Gasteiger partial charge < -0.3 is 28.1 Å². The van der Waals surface area contributed by atoms with Crippen LogP contribution in [0.3, 0.4) is 0 Å². The van der Waals surface area contributed by atoms with Gasteiger partial charge in [-0.1, -0.05) is 170 Å². The maximum atomic E-state index is 17.4. The van der Waals surface area contributed by atoms with E-state index in [-0.39, 0.29) is 0 Å². The molecule has 8 heteroatoms. The minimum atomic E-state index is -3.84. The summed E-state index contributed by atoms with van der Waals surface area (Å²) < 4.78 is 58.2. The van der Waals surface area contributed by atoms with E-state index in [1.54, 1.807) is 28.4 Å². The summed E-state index contributed by atoms with van der Waals surface area (Å²) in [6, 6.07) is 71.3. The molecule has 0 unspecified atom stereocenters. The van der Waals surface area contributed by atoms with Crippen molar-refractivity contribution >= 4 is 67.7 Å². The number of hydrogen-bond acceptors (Lipinski definition) is 6. The number of rotatable bonds is 13. The summed E-state index contributed by atoms with van der Waals surface area (Å²) in [6.45, 7) is 0. The third-order valence-electron chi connectivity index (χ3n) is 12.8. The summed E-state index contributed by atoms with van der Waals surface area (Å²) in [5.74, 6) is 2.47. The van der Waals surface area contributed by atoms with Gasteiger partial charge in [0, 0.05) is 55.1 Å². The zero-order valence-electron chi connectivity index (χ0n) is 38.1. The van der Waals surface area contributed by atoms with Gasteiger partial charge in [-0.2, -0.15) is 0 Å². The first-order valence-electron chi connectivity index (χ1n) is 22.3. The van der Waals surface area contributed by atoms with E-state index in [2.05, 4.69) is 36.4 Å². The van der Waals surface area contributed by atoms with Crippen molar-refractivity contribution in [3.8, 4) is 56.4 Å². The Kier molecular flexibility index (Phi) is 12.1. The van der Waals surface area contributed by atoms with E-state index in [0.29, 0.717) is 54.8 Å². The Morgan fingerprint density at radius 1 is 0.294 bits per heavy atom. The Morgan fingerprint density at radius 3 is 0.809 bits per heavy atom. The first-order chi connectivity index (χ1) is 33.3. The van der Waals surface area contributed by atoms with Gasteiger partial charge in [0.25, 0.3) is 0 Å². The smallest absolute Gasteiger partial charge is 0.171 e. The molecule has 0 bridgehead atoms. The van der Waals surface area contributed by atoms with Crippen molar-refractivity contribution in [2.75, 3.05) is 28.4 Å². The van der Waals surface area contributed by atoms with Crippen LogP contribution in [0.1, 0.15) is 0 Å². The minimum absolute atomic E-state index is 0.597. The standard InChI is InChI=1S/C60H48O6P2/c1-63-43-33-41(34-44(37-43)64-2)55-39-57(67(61,47-21-9-5-10-22-47)48-23-11-6-12-24-48)59(53-31-19-17-29-51(53)55)60-54-32-20-18-30-52(54)56(42-35-45(65-3)38-46(36-42)66-4)40-58(60)68(62,49-25-13-7-14-26-49)50-27-15-8-16-28-50/h5-40H,1-4H3. The average Bonchev–Trinajstić information content (AvgIpc) is 3.42. The SMILES string of the molecule is COc1cc(OC)cc(-c2cc(P(=O)(c3ccccc3)c3ccccc3)c(-c3c(P(=O)(c4ccccc4)c4ccccc4)cc(-c4cc(OC)cc(OC)c4)c4ccccc34)c3ccccc23)c1. The van der Waals surface area contributed by atoms with Crippen molar-refractivity contribution in [3.63, 3.8) is 0 Å². The van der Waals surface area contributed by atoms with Crippen LogP contribution in [-0.2, 0) is 9.13 Å². The van der Waals surface area contributed by atoms with E-state index < -0.39 is 14.3 Å².